The Morgan fingerprint density at radius 1 is 1.05 bits per heavy atom. The van der Waals surface area contributed by atoms with Crippen LogP contribution >= 0.6 is 0 Å². The third-order valence-corrected chi connectivity index (χ3v) is 4.26. The molecule has 102 valence electrons. The maximum absolute atomic E-state index is 6.39. The summed E-state index contributed by atoms with van der Waals surface area (Å²) in [6.45, 7) is 1.60. The maximum Gasteiger partial charge on any atom is 0.135 e. The second-order valence-electron chi connectivity index (χ2n) is 5.50. The predicted molar refractivity (Wildman–Crippen MR) is 79.6 cm³/mol. The number of fused-ring (bicyclic) bond motifs is 3. The Labute approximate surface area is 117 Å². The fourth-order valence-electron chi connectivity index (χ4n) is 3.06. The number of hydrogen-bond donors (Lipinski definition) is 1. The number of rotatable bonds is 2. The second-order valence-corrected chi connectivity index (χ2v) is 5.50. The van der Waals surface area contributed by atoms with Gasteiger partial charge in [0.15, 0.2) is 0 Å². The van der Waals surface area contributed by atoms with Crippen molar-refractivity contribution in [3.05, 3.63) is 48.0 Å². The van der Waals surface area contributed by atoms with E-state index in [1.807, 2.05) is 24.3 Å². The van der Waals surface area contributed by atoms with Gasteiger partial charge in [-0.2, -0.15) is 0 Å². The van der Waals surface area contributed by atoms with Gasteiger partial charge in [-0.15, -0.1) is 0 Å². The molecule has 0 spiro atoms. The van der Waals surface area contributed by atoms with Crippen molar-refractivity contribution in [3.8, 4) is 0 Å². The molecule has 1 fully saturated rings. The van der Waals surface area contributed by atoms with Crippen LogP contribution in [-0.2, 0) is 4.74 Å². The summed E-state index contributed by atoms with van der Waals surface area (Å²) in [6.07, 6.45) is 1.05. The number of benzene rings is 2. The lowest BCUT2D eigenvalue weighted by Gasteiger charge is -2.17. The van der Waals surface area contributed by atoms with Gasteiger partial charge in [0.25, 0.3) is 0 Å². The second kappa shape index (κ2) is 4.62. The molecule has 0 radical (unpaired) electrons. The highest BCUT2D eigenvalue weighted by atomic mass is 16.5. The van der Waals surface area contributed by atoms with Crippen molar-refractivity contribution < 1.29 is 9.15 Å². The first-order valence-corrected chi connectivity index (χ1v) is 7.07. The lowest BCUT2D eigenvalue weighted by Crippen LogP contribution is -2.21. The summed E-state index contributed by atoms with van der Waals surface area (Å²) < 4.78 is 11.3. The van der Waals surface area contributed by atoms with Gasteiger partial charge in [-0.05, 0) is 30.2 Å². The summed E-state index contributed by atoms with van der Waals surface area (Å²) in [7, 11) is 0. The fourth-order valence-corrected chi connectivity index (χ4v) is 3.06. The average molecular weight is 267 g/mol. The van der Waals surface area contributed by atoms with Crippen molar-refractivity contribution in [1.82, 2.24) is 0 Å². The Bertz CT molecular complexity index is 756. The van der Waals surface area contributed by atoms with Gasteiger partial charge in [0.1, 0.15) is 11.2 Å². The van der Waals surface area contributed by atoms with E-state index >= 15 is 0 Å². The molecule has 0 aliphatic carbocycles. The van der Waals surface area contributed by atoms with E-state index in [-0.39, 0.29) is 6.04 Å². The molecule has 1 saturated heterocycles. The number of nitrogens with two attached hydrogens (primary N) is 1. The molecular formula is C17H17NO2. The van der Waals surface area contributed by atoms with Crippen molar-refractivity contribution in [2.24, 2.45) is 11.7 Å². The molecule has 0 saturated carbocycles. The van der Waals surface area contributed by atoms with E-state index in [2.05, 4.69) is 18.2 Å². The molecule has 2 aromatic carbocycles. The van der Waals surface area contributed by atoms with Crippen LogP contribution in [0.3, 0.4) is 0 Å². The zero-order chi connectivity index (χ0) is 13.5. The zero-order valence-corrected chi connectivity index (χ0v) is 11.2. The Balaban J connectivity index is 1.82. The van der Waals surface area contributed by atoms with Gasteiger partial charge in [-0.3, -0.25) is 0 Å². The van der Waals surface area contributed by atoms with Crippen molar-refractivity contribution in [1.29, 1.82) is 0 Å². The van der Waals surface area contributed by atoms with Crippen LogP contribution in [0, 0.1) is 5.92 Å². The molecule has 2 atom stereocenters. The number of furan rings is 1. The van der Waals surface area contributed by atoms with E-state index in [0.717, 1.165) is 41.6 Å². The molecule has 3 aromatic rings. The van der Waals surface area contributed by atoms with Crippen molar-refractivity contribution in [2.75, 3.05) is 13.2 Å². The topological polar surface area (TPSA) is 48.4 Å². The molecule has 3 nitrogen and oxygen atoms in total. The molecule has 2 N–H and O–H groups in total. The standard InChI is InChI=1S/C17H17NO2/c18-17(12-7-8-19-10-12)11-5-6-16-14(9-11)13-3-1-2-4-15(13)20-16/h1-6,9,12,17H,7-8,10,18H2. The number of para-hydroxylation sites is 1. The largest absolute Gasteiger partial charge is 0.456 e. The number of hydrogen-bond acceptors (Lipinski definition) is 3. The quantitative estimate of drug-likeness (QED) is 0.771. The van der Waals surface area contributed by atoms with Gasteiger partial charge in [0, 0.05) is 29.3 Å². The Kier molecular flexibility index (Phi) is 2.76. The Morgan fingerprint density at radius 3 is 2.75 bits per heavy atom. The van der Waals surface area contributed by atoms with Crippen molar-refractivity contribution in [2.45, 2.75) is 12.5 Å². The lowest BCUT2D eigenvalue weighted by atomic mass is 9.92. The first-order valence-electron chi connectivity index (χ1n) is 7.07. The fraction of sp³-hybridized carbons (Fsp3) is 0.294. The van der Waals surface area contributed by atoms with E-state index in [1.165, 1.54) is 5.56 Å². The zero-order valence-electron chi connectivity index (χ0n) is 11.2. The highest BCUT2D eigenvalue weighted by molar-refractivity contribution is 6.05. The monoisotopic (exact) mass is 267 g/mol. The molecule has 0 bridgehead atoms. The van der Waals surface area contributed by atoms with Crippen LogP contribution in [0.4, 0.5) is 0 Å². The lowest BCUT2D eigenvalue weighted by molar-refractivity contribution is 0.181. The molecular weight excluding hydrogens is 250 g/mol. The van der Waals surface area contributed by atoms with E-state index in [9.17, 15) is 0 Å². The molecule has 3 heteroatoms. The molecule has 20 heavy (non-hydrogen) atoms. The highest BCUT2D eigenvalue weighted by Gasteiger charge is 2.24. The minimum absolute atomic E-state index is 0.0376. The van der Waals surface area contributed by atoms with E-state index < -0.39 is 0 Å². The molecule has 4 rings (SSSR count). The van der Waals surface area contributed by atoms with E-state index in [0.29, 0.717) is 5.92 Å². The molecule has 1 aliphatic heterocycles. The first kappa shape index (κ1) is 11.9. The van der Waals surface area contributed by atoms with Crippen LogP contribution in [-0.4, -0.2) is 13.2 Å². The van der Waals surface area contributed by atoms with Crippen LogP contribution < -0.4 is 5.73 Å². The first-order chi connectivity index (χ1) is 9.83. The number of ether oxygens (including phenoxy) is 1. The summed E-state index contributed by atoms with van der Waals surface area (Å²) in [5.41, 5.74) is 9.41. The minimum Gasteiger partial charge on any atom is -0.456 e. The molecule has 0 amide bonds. The van der Waals surface area contributed by atoms with Crippen molar-refractivity contribution in [3.63, 3.8) is 0 Å². The van der Waals surface area contributed by atoms with Crippen LogP contribution in [0.15, 0.2) is 46.9 Å². The minimum atomic E-state index is 0.0376. The SMILES string of the molecule is NC(c1ccc2oc3ccccc3c2c1)C1CCOC1. The molecule has 2 unspecified atom stereocenters. The van der Waals surface area contributed by atoms with Gasteiger partial charge in [0.05, 0.1) is 6.61 Å². The van der Waals surface area contributed by atoms with Gasteiger partial charge in [0.2, 0.25) is 0 Å². The predicted octanol–water partition coefficient (Wildman–Crippen LogP) is 3.62. The molecule has 2 heterocycles. The Morgan fingerprint density at radius 2 is 1.90 bits per heavy atom. The van der Waals surface area contributed by atoms with Crippen LogP contribution in [0.1, 0.15) is 18.0 Å². The smallest absolute Gasteiger partial charge is 0.135 e. The summed E-state index contributed by atoms with van der Waals surface area (Å²) >= 11 is 0. The summed E-state index contributed by atoms with van der Waals surface area (Å²) in [6, 6.07) is 14.4. The summed E-state index contributed by atoms with van der Waals surface area (Å²) in [5.74, 6) is 0.422. The Hall–Kier alpha value is -1.84. The summed E-state index contributed by atoms with van der Waals surface area (Å²) in [5, 5.41) is 2.30. The normalized spacial score (nSPS) is 20.8. The molecule has 1 aromatic heterocycles. The van der Waals surface area contributed by atoms with E-state index in [4.69, 9.17) is 14.9 Å². The van der Waals surface area contributed by atoms with Gasteiger partial charge >= 0.3 is 0 Å². The highest BCUT2D eigenvalue weighted by Crippen LogP contribution is 2.33. The molecule has 1 aliphatic rings. The van der Waals surface area contributed by atoms with E-state index in [1.54, 1.807) is 0 Å². The third kappa shape index (κ3) is 1.82. The van der Waals surface area contributed by atoms with Crippen LogP contribution in [0.2, 0.25) is 0 Å². The summed E-state index contributed by atoms with van der Waals surface area (Å²) in [4.78, 5) is 0. The van der Waals surface area contributed by atoms with Crippen LogP contribution in [0.25, 0.3) is 21.9 Å². The van der Waals surface area contributed by atoms with Crippen LogP contribution in [0.5, 0.6) is 0 Å². The maximum atomic E-state index is 6.39. The third-order valence-electron chi connectivity index (χ3n) is 4.26. The van der Waals surface area contributed by atoms with Gasteiger partial charge < -0.3 is 14.9 Å². The van der Waals surface area contributed by atoms with Gasteiger partial charge in [-0.25, -0.2) is 0 Å². The van der Waals surface area contributed by atoms with Crippen molar-refractivity contribution >= 4 is 21.9 Å². The average Bonchev–Trinajstić information content (AvgIpc) is 3.13. The van der Waals surface area contributed by atoms with Gasteiger partial charge in [-0.1, -0.05) is 24.3 Å².